The summed E-state index contributed by atoms with van der Waals surface area (Å²) in [6.07, 6.45) is -0.135. The minimum Gasteiger partial charge on any atom is -0.286 e. The number of likely N-dealkylation sites (tertiary alicyclic amines) is 1. The van der Waals surface area contributed by atoms with E-state index in [4.69, 9.17) is 0 Å². The van der Waals surface area contributed by atoms with Crippen LogP contribution in [-0.4, -0.2) is 35.5 Å². The molecule has 6 atom stereocenters. The molecule has 3 amide bonds. The molecule has 2 bridgehead atoms. The minimum absolute atomic E-state index is 0.00996. The van der Waals surface area contributed by atoms with Crippen molar-refractivity contribution < 1.29 is 27.6 Å². The van der Waals surface area contributed by atoms with Crippen LogP contribution in [0.1, 0.15) is 6.42 Å². The van der Waals surface area contributed by atoms with Gasteiger partial charge in [-0.1, -0.05) is 30.4 Å². The fourth-order valence-electron chi connectivity index (χ4n) is 5.32. The van der Waals surface area contributed by atoms with Crippen LogP contribution in [-0.2, 0) is 14.4 Å². The van der Waals surface area contributed by atoms with E-state index in [1.54, 1.807) is 6.07 Å². The second-order valence-electron chi connectivity index (χ2n) is 7.97. The van der Waals surface area contributed by atoms with Gasteiger partial charge in [0.2, 0.25) is 11.8 Å². The van der Waals surface area contributed by atoms with Gasteiger partial charge in [-0.3, -0.25) is 24.2 Å². The third-order valence-corrected chi connectivity index (χ3v) is 6.59. The van der Waals surface area contributed by atoms with Crippen LogP contribution in [0.5, 0.6) is 0 Å². The fourth-order valence-corrected chi connectivity index (χ4v) is 5.32. The van der Waals surface area contributed by atoms with Gasteiger partial charge in [0.05, 0.1) is 11.8 Å². The number of alkyl halides is 3. The highest BCUT2D eigenvalue weighted by Crippen LogP contribution is 2.65. The van der Waals surface area contributed by atoms with Gasteiger partial charge >= 0.3 is 12.1 Å². The zero-order valence-electron chi connectivity index (χ0n) is 14.7. The van der Waals surface area contributed by atoms with E-state index >= 15 is 0 Å². The molecule has 1 aromatic rings. The molecule has 1 saturated heterocycles. The smallest absolute Gasteiger partial charge is 0.286 e. The Labute approximate surface area is 158 Å². The van der Waals surface area contributed by atoms with Crippen LogP contribution in [0.15, 0.2) is 42.5 Å². The van der Waals surface area contributed by atoms with Crippen LogP contribution in [0, 0.1) is 35.5 Å². The highest BCUT2D eigenvalue weighted by atomic mass is 19.4. The summed E-state index contributed by atoms with van der Waals surface area (Å²) in [5.74, 6) is -3.29. The van der Waals surface area contributed by atoms with Crippen LogP contribution in [0.4, 0.5) is 18.9 Å². The monoisotopic (exact) mass is 390 g/mol. The zero-order chi connectivity index (χ0) is 19.8. The van der Waals surface area contributed by atoms with Crippen molar-refractivity contribution in [2.75, 3.05) is 11.6 Å². The molecule has 6 rings (SSSR count). The van der Waals surface area contributed by atoms with E-state index in [9.17, 15) is 27.6 Å². The number of hydrogen-bond acceptors (Lipinski definition) is 3. The average molecular weight is 390 g/mol. The largest absolute Gasteiger partial charge is 0.471 e. The van der Waals surface area contributed by atoms with E-state index < -0.39 is 42.4 Å². The second kappa shape index (κ2) is 5.68. The topological polar surface area (TPSA) is 57.7 Å². The first-order chi connectivity index (χ1) is 13.3. The van der Waals surface area contributed by atoms with Crippen molar-refractivity contribution >= 4 is 23.4 Å². The molecule has 5 aliphatic rings. The molecule has 0 N–H and O–H groups in total. The number of halogens is 3. The highest BCUT2D eigenvalue weighted by molar-refractivity contribution is 6.07. The van der Waals surface area contributed by atoms with Crippen LogP contribution in [0.3, 0.4) is 0 Å². The molecule has 3 fully saturated rings. The molecule has 2 saturated carbocycles. The Kier molecular flexibility index (Phi) is 3.54. The number of carbonyl (C=O) groups excluding carboxylic acids is 3. The highest BCUT2D eigenvalue weighted by Gasteiger charge is 2.67. The van der Waals surface area contributed by atoms with Gasteiger partial charge in [-0.25, -0.2) is 0 Å². The molecule has 4 aliphatic carbocycles. The van der Waals surface area contributed by atoms with Gasteiger partial charge in [-0.2, -0.15) is 13.2 Å². The molecule has 8 heteroatoms. The molecule has 1 heterocycles. The third kappa shape index (κ3) is 2.36. The molecule has 1 aliphatic heterocycles. The van der Waals surface area contributed by atoms with E-state index in [1.165, 1.54) is 24.3 Å². The van der Waals surface area contributed by atoms with E-state index in [2.05, 4.69) is 0 Å². The summed E-state index contributed by atoms with van der Waals surface area (Å²) in [5, 5.41) is 0. The van der Waals surface area contributed by atoms with Crippen molar-refractivity contribution in [3.63, 3.8) is 0 Å². The van der Waals surface area contributed by atoms with Gasteiger partial charge in [0.25, 0.3) is 0 Å². The van der Waals surface area contributed by atoms with Crippen LogP contribution >= 0.6 is 0 Å². The molecule has 146 valence electrons. The van der Waals surface area contributed by atoms with Crippen molar-refractivity contribution in [2.24, 2.45) is 35.5 Å². The lowest BCUT2D eigenvalue weighted by atomic mass is 9.63. The number of benzene rings is 1. The molecule has 0 radical (unpaired) electrons. The van der Waals surface area contributed by atoms with Crippen molar-refractivity contribution in [3.8, 4) is 0 Å². The zero-order valence-corrected chi connectivity index (χ0v) is 14.7. The molecule has 0 spiro atoms. The summed E-state index contributed by atoms with van der Waals surface area (Å²) in [7, 11) is 0. The summed E-state index contributed by atoms with van der Waals surface area (Å²) in [6, 6.07) is 7.30. The minimum atomic E-state index is -5.11. The predicted octanol–water partition coefficient (Wildman–Crippen LogP) is 2.59. The first-order valence-corrected chi connectivity index (χ1v) is 9.26. The van der Waals surface area contributed by atoms with E-state index in [0.29, 0.717) is 16.7 Å². The van der Waals surface area contributed by atoms with Crippen molar-refractivity contribution in [2.45, 2.75) is 12.6 Å². The lowest BCUT2D eigenvalue weighted by molar-refractivity contribution is -0.171. The molecule has 5 nitrogen and oxygen atoms in total. The Bertz CT molecular complexity index is 862. The van der Waals surface area contributed by atoms with Gasteiger partial charge in [0.1, 0.15) is 6.67 Å². The number of hydrogen-bond donors (Lipinski definition) is 0. The van der Waals surface area contributed by atoms with Crippen molar-refractivity contribution in [1.29, 1.82) is 0 Å². The van der Waals surface area contributed by atoms with Crippen molar-refractivity contribution in [1.82, 2.24) is 4.90 Å². The number of para-hydroxylation sites is 1. The summed E-state index contributed by atoms with van der Waals surface area (Å²) in [6.45, 7) is -0.720. The normalized spacial score (nSPS) is 35.0. The molecular weight excluding hydrogens is 373 g/mol. The summed E-state index contributed by atoms with van der Waals surface area (Å²) < 4.78 is 39.5. The van der Waals surface area contributed by atoms with Gasteiger partial charge in [-0.05, 0) is 42.2 Å². The Balaban J connectivity index is 1.46. The van der Waals surface area contributed by atoms with Gasteiger partial charge in [-0.15, -0.1) is 0 Å². The summed E-state index contributed by atoms with van der Waals surface area (Å²) >= 11 is 0. The summed E-state index contributed by atoms with van der Waals surface area (Å²) in [4.78, 5) is 39.3. The molecule has 28 heavy (non-hydrogen) atoms. The Morgan fingerprint density at radius 2 is 1.54 bits per heavy atom. The fraction of sp³-hybridized carbons (Fsp3) is 0.450. The molecule has 0 aromatic heterocycles. The quantitative estimate of drug-likeness (QED) is 0.589. The Morgan fingerprint density at radius 3 is 2.04 bits per heavy atom. The van der Waals surface area contributed by atoms with Gasteiger partial charge in [0, 0.05) is 5.69 Å². The Hall–Kier alpha value is -2.64. The van der Waals surface area contributed by atoms with Crippen molar-refractivity contribution in [3.05, 3.63) is 42.5 Å². The maximum Gasteiger partial charge on any atom is 0.471 e. The number of nitrogens with zero attached hydrogens (tertiary/aromatic N) is 2. The number of amides is 3. The SMILES string of the molecule is O=C1[C@H]2[C@@H]3C=C[C@@H]([C@H]4C[C@H]34)[C@@H]2C(=O)N1CN(C(=O)C(F)(F)F)c1ccccc1. The number of imide groups is 1. The average Bonchev–Trinajstić information content (AvgIpc) is 3.45. The number of anilines is 1. The van der Waals surface area contributed by atoms with E-state index in [-0.39, 0.29) is 17.5 Å². The van der Waals surface area contributed by atoms with Gasteiger partial charge < -0.3 is 0 Å². The first kappa shape index (κ1) is 17.5. The molecule has 1 aromatic carbocycles. The lowest BCUT2D eigenvalue weighted by Gasteiger charge is -2.37. The van der Waals surface area contributed by atoms with Crippen LogP contribution in [0.25, 0.3) is 0 Å². The lowest BCUT2D eigenvalue weighted by Crippen LogP contribution is -2.49. The number of carbonyl (C=O) groups is 3. The Morgan fingerprint density at radius 1 is 1.00 bits per heavy atom. The maximum atomic E-state index is 13.2. The van der Waals surface area contributed by atoms with Crippen LogP contribution in [0.2, 0.25) is 0 Å². The van der Waals surface area contributed by atoms with E-state index in [0.717, 1.165) is 11.3 Å². The number of rotatable bonds is 3. The standard InChI is InChI=1S/C20H17F3N2O3/c21-20(22,23)19(28)24(10-4-2-1-3-5-10)9-25-17(26)15-11-6-7-12(14-8-13(11)14)16(15)18(25)27/h1-7,11-16H,8-9H2/t11-,12+,13-,14-,15+,16+/m1/s1. The maximum absolute atomic E-state index is 13.2. The first-order valence-electron chi connectivity index (χ1n) is 9.26. The predicted molar refractivity (Wildman–Crippen MR) is 91.4 cm³/mol. The summed E-state index contributed by atoms with van der Waals surface area (Å²) in [5.41, 5.74) is -0.00996. The molecule has 0 unspecified atom stereocenters. The van der Waals surface area contributed by atoms with E-state index in [1.807, 2.05) is 12.2 Å². The molecular formula is C20H17F3N2O3. The third-order valence-electron chi connectivity index (χ3n) is 6.59. The van der Waals surface area contributed by atoms with Crippen LogP contribution < -0.4 is 4.90 Å². The number of allylic oxidation sites excluding steroid dienone is 2. The second-order valence-corrected chi connectivity index (χ2v) is 7.97. The van der Waals surface area contributed by atoms with Gasteiger partial charge in [0.15, 0.2) is 0 Å².